The number of ether oxygens (including phenoxy) is 1. The maximum atomic E-state index is 12.5. The number of fused-ring (bicyclic) bond motifs is 1. The van der Waals surface area contributed by atoms with Crippen LogP contribution < -0.4 is 0 Å². The molecule has 0 radical (unpaired) electrons. The summed E-state index contributed by atoms with van der Waals surface area (Å²) in [6.45, 7) is 3.55. The number of hydrogen-bond donors (Lipinski definition) is 0. The third-order valence-corrected chi connectivity index (χ3v) is 5.05. The fourth-order valence-corrected chi connectivity index (χ4v) is 3.50. The maximum absolute atomic E-state index is 12.5. The zero-order valence-electron chi connectivity index (χ0n) is 15.0. The number of likely N-dealkylation sites (tertiary alicyclic amines) is 1. The number of piperidine rings is 1. The van der Waals surface area contributed by atoms with E-state index in [-0.39, 0.29) is 17.8 Å². The highest BCUT2D eigenvalue weighted by atomic mass is 16.5. The van der Waals surface area contributed by atoms with Crippen LogP contribution in [0.2, 0.25) is 0 Å². The molecule has 134 valence electrons. The van der Waals surface area contributed by atoms with Crippen molar-refractivity contribution in [2.75, 3.05) is 19.7 Å². The topological polar surface area (TPSA) is 51.5 Å². The standard InChI is InChI=1S/C20H26N2O3/c1-3-25-20(24)17-9-12-22(13-10-17)19(23)7-5-15-4-6-16-8-11-21(2)18(16)14-15/h4,6,8,11,14,17H,3,5,7,9-10,12-13H2,1-2H3. The molecule has 2 aromatic rings. The van der Waals surface area contributed by atoms with Gasteiger partial charge in [-0.2, -0.15) is 0 Å². The van der Waals surface area contributed by atoms with Gasteiger partial charge in [0.25, 0.3) is 0 Å². The molecule has 0 spiro atoms. The van der Waals surface area contributed by atoms with E-state index in [0.29, 0.717) is 39.0 Å². The van der Waals surface area contributed by atoms with E-state index in [2.05, 4.69) is 28.8 Å². The van der Waals surface area contributed by atoms with Gasteiger partial charge in [0.1, 0.15) is 0 Å². The van der Waals surface area contributed by atoms with Crippen LogP contribution in [0.1, 0.15) is 31.7 Å². The predicted octanol–water partition coefficient (Wildman–Crippen LogP) is 2.91. The molecule has 5 heteroatoms. The summed E-state index contributed by atoms with van der Waals surface area (Å²) in [6.07, 6.45) is 4.73. The van der Waals surface area contributed by atoms with Gasteiger partial charge in [-0.05, 0) is 49.3 Å². The summed E-state index contributed by atoms with van der Waals surface area (Å²) >= 11 is 0. The Morgan fingerprint density at radius 2 is 1.96 bits per heavy atom. The van der Waals surface area contributed by atoms with Gasteiger partial charge in [0.15, 0.2) is 0 Å². The molecule has 1 amide bonds. The number of rotatable bonds is 5. The predicted molar refractivity (Wildman–Crippen MR) is 97.2 cm³/mol. The lowest BCUT2D eigenvalue weighted by Crippen LogP contribution is -2.40. The lowest BCUT2D eigenvalue weighted by Gasteiger charge is -2.31. The van der Waals surface area contributed by atoms with Crippen LogP contribution >= 0.6 is 0 Å². The third-order valence-electron chi connectivity index (χ3n) is 5.05. The number of amides is 1. The van der Waals surface area contributed by atoms with Crippen LogP contribution in [-0.2, 0) is 27.8 Å². The first-order valence-corrected chi connectivity index (χ1v) is 9.07. The Kier molecular flexibility index (Phi) is 5.41. The molecule has 0 aliphatic carbocycles. The lowest BCUT2D eigenvalue weighted by atomic mass is 9.96. The Morgan fingerprint density at radius 3 is 2.68 bits per heavy atom. The first-order chi connectivity index (χ1) is 12.1. The second kappa shape index (κ2) is 7.72. The molecule has 1 aromatic carbocycles. The smallest absolute Gasteiger partial charge is 0.309 e. The monoisotopic (exact) mass is 342 g/mol. The summed E-state index contributed by atoms with van der Waals surface area (Å²) in [5, 5.41) is 1.22. The van der Waals surface area contributed by atoms with E-state index in [1.54, 1.807) is 0 Å². The molecule has 2 heterocycles. The molecule has 1 saturated heterocycles. The number of nitrogens with zero attached hydrogens (tertiary/aromatic N) is 2. The molecule has 1 aromatic heterocycles. The SMILES string of the molecule is CCOC(=O)C1CCN(C(=O)CCc2ccc3ccn(C)c3c2)CC1. The largest absolute Gasteiger partial charge is 0.466 e. The molecule has 0 N–H and O–H groups in total. The molecule has 1 fully saturated rings. The van der Waals surface area contributed by atoms with E-state index in [1.807, 2.05) is 25.1 Å². The molecule has 1 aliphatic heterocycles. The molecule has 1 aliphatic rings. The van der Waals surface area contributed by atoms with Crippen molar-refractivity contribution in [1.82, 2.24) is 9.47 Å². The Hall–Kier alpha value is -2.30. The van der Waals surface area contributed by atoms with Crippen LogP contribution in [0.5, 0.6) is 0 Å². The van der Waals surface area contributed by atoms with Crippen molar-refractivity contribution >= 4 is 22.8 Å². The van der Waals surface area contributed by atoms with Gasteiger partial charge in [-0.25, -0.2) is 0 Å². The molecule has 0 unspecified atom stereocenters. The highest BCUT2D eigenvalue weighted by molar-refractivity contribution is 5.81. The molecular weight excluding hydrogens is 316 g/mol. The van der Waals surface area contributed by atoms with Gasteiger partial charge in [-0.15, -0.1) is 0 Å². The van der Waals surface area contributed by atoms with Gasteiger partial charge in [0, 0.05) is 38.3 Å². The quantitative estimate of drug-likeness (QED) is 0.785. The van der Waals surface area contributed by atoms with E-state index in [9.17, 15) is 9.59 Å². The number of benzene rings is 1. The number of carbonyl (C=O) groups is 2. The fourth-order valence-electron chi connectivity index (χ4n) is 3.50. The van der Waals surface area contributed by atoms with Gasteiger partial charge in [0.2, 0.25) is 5.91 Å². The Bertz CT molecular complexity index is 757. The van der Waals surface area contributed by atoms with Crippen molar-refractivity contribution < 1.29 is 14.3 Å². The van der Waals surface area contributed by atoms with E-state index in [4.69, 9.17) is 4.74 Å². The minimum Gasteiger partial charge on any atom is -0.466 e. The van der Waals surface area contributed by atoms with Crippen molar-refractivity contribution in [2.24, 2.45) is 13.0 Å². The van der Waals surface area contributed by atoms with Gasteiger partial charge in [-0.1, -0.05) is 12.1 Å². The molecular formula is C20H26N2O3. The van der Waals surface area contributed by atoms with Gasteiger partial charge < -0.3 is 14.2 Å². The molecule has 3 rings (SSSR count). The van der Waals surface area contributed by atoms with E-state index < -0.39 is 0 Å². The molecule has 0 bridgehead atoms. The summed E-state index contributed by atoms with van der Waals surface area (Å²) < 4.78 is 7.17. The van der Waals surface area contributed by atoms with Crippen LogP contribution in [-0.4, -0.2) is 41.0 Å². The Morgan fingerprint density at radius 1 is 1.20 bits per heavy atom. The number of aromatic nitrogens is 1. The molecule has 0 saturated carbocycles. The summed E-state index contributed by atoms with van der Waals surface area (Å²) in [7, 11) is 2.03. The first kappa shape index (κ1) is 17.5. The highest BCUT2D eigenvalue weighted by Crippen LogP contribution is 2.21. The minimum atomic E-state index is -0.120. The van der Waals surface area contributed by atoms with Gasteiger partial charge in [0.05, 0.1) is 12.5 Å². The number of aryl methyl sites for hydroxylation is 2. The third kappa shape index (κ3) is 4.03. The van der Waals surface area contributed by atoms with Crippen LogP contribution in [0.3, 0.4) is 0 Å². The minimum absolute atomic E-state index is 0.0521. The van der Waals surface area contributed by atoms with E-state index in [0.717, 1.165) is 6.42 Å². The van der Waals surface area contributed by atoms with Crippen molar-refractivity contribution in [3.8, 4) is 0 Å². The maximum Gasteiger partial charge on any atom is 0.309 e. The molecule has 0 atom stereocenters. The summed E-state index contributed by atoms with van der Waals surface area (Å²) in [4.78, 5) is 26.1. The summed E-state index contributed by atoms with van der Waals surface area (Å²) in [5.74, 6) is 0.00324. The average molecular weight is 342 g/mol. The number of carbonyl (C=O) groups excluding carboxylic acids is 2. The fraction of sp³-hybridized carbons (Fsp3) is 0.500. The van der Waals surface area contributed by atoms with E-state index in [1.165, 1.54) is 16.5 Å². The number of esters is 1. The Balaban J connectivity index is 1.51. The van der Waals surface area contributed by atoms with Crippen molar-refractivity contribution in [2.45, 2.75) is 32.6 Å². The van der Waals surface area contributed by atoms with Crippen LogP contribution in [0, 0.1) is 5.92 Å². The second-order valence-corrected chi connectivity index (χ2v) is 6.73. The van der Waals surface area contributed by atoms with Crippen molar-refractivity contribution in [3.63, 3.8) is 0 Å². The van der Waals surface area contributed by atoms with Gasteiger partial charge >= 0.3 is 5.97 Å². The van der Waals surface area contributed by atoms with Crippen LogP contribution in [0.15, 0.2) is 30.5 Å². The molecule has 5 nitrogen and oxygen atoms in total. The van der Waals surface area contributed by atoms with Crippen molar-refractivity contribution in [3.05, 3.63) is 36.0 Å². The zero-order chi connectivity index (χ0) is 17.8. The summed E-state index contributed by atoms with van der Waals surface area (Å²) in [5.41, 5.74) is 2.38. The second-order valence-electron chi connectivity index (χ2n) is 6.73. The average Bonchev–Trinajstić information content (AvgIpc) is 3.00. The van der Waals surface area contributed by atoms with Gasteiger partial charge in [-0.3, -0.25) is 9.59 Å². The summed E-state index contributed by atoms with van der Waals surface area (Å²) in [6, 6.07) is 8.47. The normalized spacial score (nSPS) is 15.5. The highest BCUT2D eigenvalue weighted by Gasteiger charge is 2.27. The lowest BCUT2D eigenvalue weighted by molar-refractivity contribution is -0.151. The Labute approximate surface area is 148 Å². The van der Waals surface area contributed by atoms with Crippen LogP contribution in [0.4, 0.5) is 0 Å². The van der Waals surface area contributed by atoms with Crippen molar-refractivity contribution in [1.29, 1.82) is 0 Å². The molecule has 25 heavy (non-hydrogen) atoms. The van der Waals surface area contributed by atoms with E-state index >= 15 is 0 Å². The van der Waals surface area contributed by atoms with Crippen LogP contribution in [0.25, 0.3) is 10.9 Å². The zero-order valence-corrected chi connectivity index (χ0v) is 15.0. The first-order valence-electron chi connectivity index (χ1n) is 9.07. The number of hydrogen-bond acceptors (Lipinski definition) is 3.